The standard InChI is InChI=1S/C12H18N4O4S/c1-7-6-9(20-2)15-11(13-7)16-12(19)14-8(10(17)18)4-5-21-3/h6,8H,4-5H2,1-3H3,(H,17,18)(H2,13,14,15,16,19)/t8-/m1/s1. The Morgan fingerprint density at radius 1 is 1.48 bits per heavy atom. The number of aryl methyl sites for hydroxylation is 1. The number of carboxylic acids is 1. The molecule has 9 heteroatoms. The van der Waals surface area contributed by atoms with Gasteiger partial charge in [-0.05, 0) is 25.4 Å². The van der Waals surface area contributed by atoms with E-state index in [2.05, 4.69) is 20.6 Å². The van der Waals surface area contributed by atoms with Gasteiger partial charge in [0.05, 0.1) is 7.11 Å². The molecule has 0 spiro atoms. The summed E-state index contributed by atoms with van der Waals surface area (Å²) >= 11 is 1.51. The molecule has 0 aliphatic carbocycles. The minimum absolute atomic E-state index is 0.0540. The lowest BCUT2D eigenvalue weighted by Gasteiger charge is -2.14. The van der Waals surface area contributed by atoms with E-state index in [-0.39, 0.29) is 5.95 Å². The third-order valence-electron chi connectivity index (χ3n) is 2.48. The van der Waals surface area contributed by atoms with Crippen molar-refractivity contribution in [2.24, 2.45) is 0 Å². The summed E-state index contributed by atoms with van der Waals surface area (Å²) in [6, 6.07) is -0.0120. The van der Waals surface area contributed by atoms with Crippen molar-refractivity contribution in [2.45, 2.75) is 19.4 Å². The summed E-state index contributed by atoms with van der Waals surface area (Å²) in [6.07, 6.45) is 2.20. The Balaban J connectivity index is 2.67. The zero-order valence-electron chi connectivity index (χ0n) is 12.0. The molecule has 116 valence electrons. The Kier molecular flexibility index (Phi) is 6.73. The van der Waals surface area contributed by atoms with Crippen LogP contribution in [0.3, 0.4) is 0 Å². The summed E-state index contributed by atoms with van der Waals surface area (Å²) in [6.45, 7) is 1.73. The summed E-state index contributed by atoms with van der Waals surface area (Å²) in [7, 11) is 1.45. The van der Waals surface area contributed by atoms with Gasteiger partial charge in [0, 0.05) is 11.8 Å². The lowest BCUT2D eigenvalue weighted by molar-refractivity contribution is -0.139. The van der Waals surface area contributed by atoms with Gasteiger partial charge in [0.25, 0.3) is 0 Å². The number of thioether (sulfide) groups is 1. The van der Waals surface area contributed by atoms with Crippen molar-refractivity contribution in [1.82, 2.24) is 15.3 Å². The first-order valence-electron chi connectivity index (χ1n) is 6.15. The van der Waals surface area contributed by atoms with E-state index in [0.717, 1.165) is 0 Å². The maximum atomic E-state index is 11.8. The molecule has 0 unspecified atom stereocenters. The van der Waals surface area contributed by atoms with Crippen LogP contribution >= 0.6 is 11.8 Å². The lowest BCUT2D eigenvalue weighted by atomic mass is 10.2. The number of aliphatic carboxylic acids is 1. The van der Waals surface area contributed by atoms with Crippen LogP contribution in [0.25, 0.3) is 0 Å². The van der Waals surface area contributed by atoms with Gasteiger partial charge in [-0.2, -0.15) is 16.7 Å². The molecular formula is C12H18N4O4S. The Morgan fingerprint density at radius 2 is 2.19 bits per heavy atom. The number of rotatable bonds is 7. The summed E-state index contributed by atoms with van der Waals surface area (Å²) < 4.78 is 4.97. The molecule has 1 heterocycles. The van der Waals surface area contributed by atoms with E-state index >= 15 is 0 Å². The van der Waals surface area contributed by atoms with Crippen molar-refractivity contribution in [1.29, 1.82) is 0 Å². The first kappa shape index (κ1) is 17.0. The Bertz CT molecular complexity index is 512. The van der Waals surface area contributed by atoms with Gasteiger partial charge in [-0.3, -0.25) is 5.32 Å². The van der Waals surface area contributed by atoms with Gasteiger partial charge in [-0.25, -0.2) is 14.6 Å². The minimum atomic E-state index is -1.08. The first-order valence-corrected chi connectivity index (χ1v) is 7.54. The number of hydrogen-bond acceptors (Lipinski definition) is 6. The highest BCUT2D eigenvalue weighted by molar-refractivity contribution is 7.98. The predicted molar refractivity (Wildman–Crippen MR) is 79.9 cm³/mol. The highest BCUT2D eigenvalue weighted by Gasteiger charge is 2.19. The fourth-order valence-electron chi connectivity index (χ4n) is 1.49. The number of amides is 2. The van der Waals surface area contributed by atoms with Crippen LogP contribution in [-0.2, 0) is 4.79 Å². The highest BCUT2D eigenvalue weighted by atomic mass is 32.2. The van der Waals surface area contributed by atoms with Crippen molar-refractivity contribution in [3.63, 3.8) is 0 Å². The zero-order valence-corrected chi connectivity index (χ0v) is 12.9. The van der Waals surface area contributed by atoms with Crippen molar-refractivity contribution in [2.75, 3.05) is 24.4 Å². The summed E-state index contributed by atoms with van der Waals surface area (Å²) in [5.41, 5.74) is 0.620. The van der Waals surface area contributed by atoms with E-state index in [4.69, 9.17) is 9.84 Å². The number of carbonyl (C=O) groups is 2. The first-order chi connectivity index (χ1) is 9.96. The third-order valence-corrected chi connectivity index (χ3v) is 3.12. The number of nitrogens with one attached hydrogen (secondary N) is 2. The molecule has 2 amide bonds. The molecule has 1 aromatic rings. The monoisotopic (exact) mass is 314 g/mol. The predicted octanol–water partition coefficient (Wildman–Crippen LogP) is 1.12. The molecule has 0 aliphatic heterocycles. The van der Waals surface area contributed by atoms with Crippen LogP contribution in [-0.4, -0.2) is 52.2 Å². The van der Waals surface area contributed by atoms with Crippen LogP contribution in [0.1, 0.15) is 12.1 Å². The number of urea groups is 1. The molecule has 0 radical (unpaired) electrons. The molecule has 1 atom stereocenters. The van der Waals surface area contributed by atoms with Crippen LogP contribution in [0.15, 0.2) is 6.07 Å². The molecular weight excluding hydrogens is 296 g/mol. The maximum Gasteiger partial charge on any atom is 0.326 e. The average Bonchev–Trinajstić information content (AvgIpc) is 2.42. The number of carboxylic acid groups (broad SMARTS) is 1. The molecule has 0 aromatic carbocycles. The normalized spacial score (nSPS) is 11.6. The topological polar surface area (TPSA) is 113 Å². The fraction of sp³-hybridized carbons (Fsp3) is 0.500. The van der Waals surface area contributed by atoms with E-state index < -0.39 is 18.0 Å². The van der Waals surface area contributed by atoms with E-state index in [9.17, 15) is 9.59 Å². The van der Waals surface area contributed by atoms with Crippen LogP contribution in [0.4, 0.5) is 10.7 Å². The molecule has 3 N–H and O–H groups in total. The summed E-state index contributed by atoms with van der Waals surface area (Å²) in [4.78, 5) is 30.8. The van der Waals surface area contributed by atoms with Gasteiger partial charge >= 0.3 is 12.0 Å². The largest absolute Gasteiger partial charge is 0.481 e. The minimum Gasteiger partial charge on any atom is -0.481 e. The van der Waals surface area contributed by atoms with Gasteiger partial charge in [-0.1, -0.05) is 0 Å². The van der Waals surface area contributed by atoms with Gasteiger partial charge < -0.3 is 15.2 Å². The van der Waals surface area contributed by atoms with E-state index in [1.54, 1.807) is 13.0 Å². The van der Waals surface area contributed by atoms with Crippen molar-refractivity contribution < 1.29 is 19.4 Å². The average molecular weight is 314 g/mol. The molecule has 21 heavy (non-hydrogen) atoms. The number of nitrogens with zero attached hydrogens (tertiary/aromatic N) is 2. The Hall–Kier alpha value is -2.03. The Labute approximate surface area is 126 Å². The van der Waals surface area contributed by atoms with Crippen LogP contribution in [0, 0.1) is 6.92 Å². The second-order valence-corrected chi connectivity index (χ2v) is 5.13. The van der Waals surface area contributed by atoms with E-state index in [1.165, 1.54) is 18.9 Å². The number of aromatic nitrogens is 2. The Morgan fingerprint density at radius 3 is 2.76 bits per heavy atom. The molecule has 0 saturated heterocycles. The lowest BCUT2D eigenvalue weighted by Crippen LogP contribution is -2.43. The molecule has 0 aliphatic rings. The van der Waals surface area contributed by atoms with E-state index in [0.29, 0.717) is 23.7 Å². The van der Waals surface area contributed by atoms with Gasteiger partial charge in [0.1, 0.15) is 6.04 Å². The van der Waals surface area contributed by atoms with Gasteiger partial charge in [0.15, 0.2) is 0 Å². The van der Waals surface area contributed by atoms with Crippen molar-refractivity contribution in [3.8, 4) is 5.88 Å². The van der Waals surface area contributed by atoms with Gasteiger partial charge in [-0.15, -0.1) is 0 Å². The quantitative estimate of drug-likeness (QED) is 0.691. The highest BCUT2D eigenvalue weighted by Crippen LogP contribution is 2.11. The second-order valence-electron chi connectivity index (χ2n) is 4.15. The molecule has 1 aromatic heterocycles. The number of anilines is 1. The molecule has 1 rings (SSSR count). The zero-order chi connectivity index (χ0) is 15.8. The number of hydrogen-bond donors (Lipinski definition) is 3. The van der Waals surface area contributed by atoms with Gasteiger partial charge in [0.2, 0.25) is 11.8 Å². The summed E-state index contributed by atoms with van der Waals surface area (Å²) in [5.74, 6) is -0.0818. The fourth-order valence-corrected chi connectivity index (χ4v) is 1.96. The number of carbonyl (C=O) groups excluding carboxylic acids is 1. The van der Waals surface area contributed by atoms with E-state index in [1.807, 2.05) is 6.26 Å². The van der Waals surface area contributed by atoms with Crippen LogP contribution in [0.5, 0.6) is 5.88 Å². The second kappa shape index (κ2) is 8.30. The number of methoxy groups -OCH3 is 1. The summed E-state index contributed by atoms with van der Waals surface area (Å²) in [5, 5.41) is 13.8. The smallest absolute Gasteiger partial charge is 0.326 e. The molecule has 0 bridgehead atoms. The molecule has 0 fully saturated rings. The molecule has 0 saturated carbocycles. The third kappa shape index (κ3) is 5.86. The van der Waals surface area contributed by atoms with Crippen molar-refractivity contribution >= 4 is 29.7 Å². The SMILES string of the molecule is COc1cc(C)nc(NC(=O)N[C@H](CCSC)C(=O)O)n1. The van der Waals surface area contributed by atoms with Crippen LogP contribution in [0.2, 0.25) is 0 Å². The van der Waals surface area contributed by atoms with Crippen molar-refractivity contribution in [3.05, 3.63) is 11.8 Å². The molecule has 8 nitrogen and oxygen atoms in total. The maximum absolute atomic E-state index is 11.8. The van der Waals surface area contributed by atoms with Crippen LogP contribution < -0.4 is 15.4 Å². The number of ether oxygens (including phenoxy) is 1.